The largest absolute Gasteiger partial charge is 0.497 e. The van der Waals surface area contributed by atoms with Gasteiger partial charge in [-0.05, 0) is 53.9 Å². The molecule has 0 radical (unpaired) electrons. The number of hydrogen-bond donors (Lipinski definition) is 2. The van der Waals surface area contributed by atoms with Gasteiger partial charge in [-0.3, -0.25) is 4.79 Å². The van der Waals surface area contributed by atoms with Crippen LogP contribution < -0.4 is 14.8 Å². The van der Waals surface area contributed by atoms with Crippen LogP contribution in [0.5, 0.6) is 11.5 Å². The third-order valence-corrected chi connectivity index (χ3v) is 6.72. The number of aliphatic hydroxyl groups is 1. The van der Waals surface area contributed by atoms with Gasteiger partial charge < -0.3 is 24.6 Å². The highest BCUT2D eigenvalue weighted by atomic mass is 16.5. The molecule has 0 aromatic heterocycles. The van der Waals surface area contributed by atoms with Gasteiger partial charge in [0.2, 0.25) is 5.90 Å². The van der Waals surface area contributed by atoms with Gasteiger partial charge in [-0.15, -0.1) is 6.58 Å². The fourth-order valence-electron chi connectivity index (χ4n) is 4.63. The first-order valence-corrected chi connectivity index (χ1v) is 13.3. The number of ether oxygens (including phenoxy) is 3. The summed E-state index contributed by atoms with van der Waals surface area (Å²) in [6, 6.07) is 21.8. The second-order valence-electron chi connectivity index (χ2n) is 9.38. The Morgan fingerprint density at radius 2 is 1.90 bits per heavy atom. The van der Waals surface area contributed by atoms with Gasteiger partial charge in [-0.1, -0.05) is 47.6 Å². The van der Waals surface area contributed by atoms with Gasteiger partial charge in [0.15, 0.2) is 11.6 Å². The van der Waals surface area contributed by atoms with Crippen molar-refractivity contribution >= 4 is 17.5 Å². The normalized spacial score (nSPS) is 17.5. The number of rotatable bonds is 14. The lowest BCUT2D eigenvalue weighted by atomic mass is 9.83. The number of methoxy groups -OCH3 is 1. The molecule has 0 spiro atoms. The second-order valence-corrected chi connectivity index (χ2v) is 9.38. The van der Waals surface area contributed by atoms with Gasteiger partial charge in [0.05, 0.1) is 13.7 Å². The predicted molar refractivity (Wildman–Crippen MR) is 157 cm³/mol. The van der Waals surface area contributed by atoms with Crippen LogP contribution in [0.25, 0.3) is 10.4 Å². The number of carbonyl (C=O) groups excluding carboxylic acids is 1. The third kappa shape index (κ3) is 6.87. The molecule has 0 aliphatic carbocycles. The molecule has 4 rings (SSSR count). The Balaban J connectivity index is 1.65. The summed E-state index contributed by atoms with van der Waals surface area (Å²) in [5.41, 5.74) is 10.4. The van der Waals surface area contributed by atoms with Gasteiger partial charge in [0.1, 0.15) is 11.5 Å². The van der Waals surface area contributed by atoms with E-state index in [0.29, 0.717) is 48.6 Å². The van der Waals surface area contributed by atoms with Crippen molar-refractivity contribution in [1.82, 2.24) is 5.32 Å². The summed E-state index contributed by atoms with van der Waals surface area (Å²) in [5, 5.41) is 15.9. The molecule has 0 fully saturated rings. The van der Waals surface area contributed by atoms with E-state index in [0.717, 1.165) is 11.3 Å². The van der Waals surface area contributed by atoms with Crippen molar-refractivity contribution < 1.29 is 24.1 Å². The minimum atomic E-state index is -1.39. The van der Waals surface area contributed by atoms with Crippen LogP contribution in [0.15, 0.2) is 95.6 Å². The fourth-order valence-corrected chi connectivity index (χ4v) is 4.63. The number of nitrogens with zero attached hydrogens (tertiary/aromatic N) is 4. The zero-order valence-electron chi connectivity index (χ0n) is 22.9. The number of hydrogen-bond acceptors (Lipinski definition) is 7. The first-order valence-electron chi connectivity index (χ1n) is 13.3. The molecule has 0 bridgehead atoms. The van der Waals surface area contributed by atoms with Gasteiger partial charge in [-0.25, -0.2) is 4.99 Å². The van der Waals surface area contributed by atoms with Crippen molar-refractivity contribution in [3.8, 4) is 11.5 Å². The van der Waals surface area contributed by atoms with Crippen molar-refractivity contribution in [2.45, 2.75) is 30.9 Å². The van der Waals surface area contributed by atoms with Gasteiger partial charge >= 0.3 is 0 Å². The lowest BCUT2D eigenvalue weighted by Gasteiger charge is -2.30. The van der Waals surface area contributed by atoms with Crippen molar-refractivity contribution in [1.29, 1.82) is 0 Å². The molecule has 2 N–H and O–H groups in total. The van der Waals surface area contributed by atoms with E-state index < -0.39 is 11.6 Å². The smallest absolute Gasteiger partial charge is 0.252 e. The molecule has 0 unspecified atom stereocenters. The van der Waals surface area contributed by atoms with E-state index >= 15 is 0 Å². The molecule has 1 heterocycles. The van der Waals surface area contributed by atoms with E-state index in [4.69, 9.17) is 24.3 Å². The lowest BCUT2D eigenvalue weighted by Crippen LogP contribution is -2.48. The number of benzene rings is 3. The molecule has 1 aliphatic rings. The zero-order valence-corrected chi connectivity index (χ0v) is 22.9. The van der Waals surface area contributed by atoms with E-state index in [-0.39, 0.29) is 24.8 Å². The highest BCUT2D eigenvalue weighted by Crippen LogP contribution is 2.45. The van der Waals surface area contributed by atoms with Crippen molar-refractivity contribution in [2.75, 3.05) is 26.9 Å². The summed E-state index contributed by atoms with van der Waals surface area (Å²) in [6.07, 6.45) is 2.08. The number of amides is 1. The van der Waals surface area contributed by atoms with Gasteiger partial charge in [0.25, 0.3) is 5.91 Å². The molecule has 0 saturated heterocycles. The number of aliphatic imine (C=N–C) groups is 1. The maximum absolute atomic E-state index is 14.0. The average Bonchev–Trinajstić information content (AvgIpc) is 3.39. The summed E-state index contributed by atoms with van der Waals surface area (Å²) >= 11 is 0. The summed E-state index contributed by atoms with van der Waals surface area (Å²) in [5.74, 6) is 1.35. The summed E-state index contributed by atoms with van der Waals surface area (Å²) in [6.45, 7) is 4.71. The van der Waals surface area contributed by atoms with Crippen LogP contribution in [0.3, 0.4) is 0 Å². The maximum atomic E-state index is 14.0. The molecule has 3 aromatic carbocycles. The van der Waals surface area contributed by atoms with Crippen LogP contribution in [-0.4, -0.2) is 49.3 Å². The summed E-state index contributed by atoms with van der Waals surface area (Å²) < 4.78 is 17.3. The first kappa shape index (κ1) is 29.2. The number of azide groups is 1. The zero-order chi connectivity index (χ0) is 29.1. The quantitative estimate of drug-likeness (QED) is 0.0878. The molecule has 0 saturated carbocycles. The second kappa shape index (κ2) is 14.0. The molecule has 10 heteroatoms. The minimum absolute atomic E-state index is 0.0506. The number of aliphatic hydroxyl groups excluding tert-OH is 1. The monoisotopic (exact) mass is 555 g/mol. The molecule has 1 amide bonds. The van der Waals surface area contributed by atoms with Crippen LogP contribution in [0, 0.1) is 0 Å². The number of carbonyl (C=O) groups is 1. The Hall–Kier alpha value is -4.79. The van der Waals surface area contributed by atoms with Gasteiger partial charge in [-0.2, -0.15) is 0 Å². The van der Waals surface area contributed by atoms with Crippen molar-refractivity contribution in [3.05, 3.63) is 113 Å². The van der Waals surface area contributed by atoms with Gasteiger partial charge in [0, 0.05) is 47.7 Å². The molecule has 212 valence electrons. The van der Waals surface area contributed by atoms with Crippen LogP contribution >= 0.6 is 0 Å². The maximum Gasteiger partial charge on any atom is 0.252 e. The fraction of sp³-hybridized carbons (Fsp3) is 0.290. The molecular formula is C31H33N5O5. The van der Waals surface area contributed by atoms with Crippen LogP contribution in [-0.2, 0) is 16.0 Å². The van der Waals surface area contributed by atoms with Crippen molar-refractivity contribution in [2.24, 2.45) is 10.1 Å². The molecular weight excluding hydrogens is 522 g/mol. The average molecular weight is 556 g/mol. The third-order valence-electron chi connectivity index (χ3n) is 6.72. The number of nitrogens with one attached hydrogen (secondary N) is 1. The Morgan fingerprint density at radius 1 is 1.17 bits per heavy atom. The standard InChI is InChI=1S/C31H33N5O5/c1-3-18-31(30(38)33-19-17-22-9-13-24(39-2)14-10-22)28(26-7-4-5-8-27(26)35-36-32)41-29(34-31)23-11-15-25(16-12-23)40-21-6-20-37/h3-5,7-16,28,37H,1,6,17-21H2,2H3,(H,33,38)/t28-,31-/m1/s1. The van der Waals surface area contributed by atoms with E-state index in [2.05, 4.69) is 21.9 Å². The SMILES string of the molecule is C=CC[C@@]1(C(=O)NCCc2ccc(OC)cc2)N=C(c2ccc(OCCCO)cc2)O[C@@H]1c1ccccc1N=[N+]=[N-]. The van der Waals surface area contributed by atoms with E-state index in [1.165, 1.54) is 0 Å². The van der Waals surface area contributed by atoms with Crippen LogP contribution in [0.1, 0.15) is 35.6 Å². The summed E-state index contributed by atoms with van der Waals surface area (Å²) in [7, 11) is 1.62. The Kier molecular flexibility index (Phi) is 9.99. The predicted octanol–water partition coefficient (Wildman–Crippen LogP) is 5.59. The highest BCUT2D eigenvalue weighted by Gasteiger charge is 2.52. The van der Waals surface area contributed by atoms with E-state index in [1.807, 2.05) is 24.3 Å². The topological polar surface area (TPSA) is 138 Å². The Labute approximate surface area is 238 Å². The van der Waals surface area contributed by atoms with E-state index in [9.17, 15) is 10.3 Å². The molecule has 1 aliphatic heterocycles. The first-order chi connectivity index (χ1) is 20.0. The lowest BCUT2D eigenvalue weighted by molar-refractivity contribution is -0.128. The Bertz CT molecular complexity index is 1420. The minimum Gasteiger partial charge on any atom is -0.497 e. The Morgan fingerprint density at radius 3 is 2.59 bits per heavy atom. The van der Waals surface area contributed by atoms with E-state index in [1.54, 1.807) is 61.7 Å². The highest BCUT2D eigenvalue weighted by molar-refractivity contribution is 6.01. The molecule has 3 aromatic rings. The van der Waals surface area contributed by atoms with Crippen LogP contribution in [0.2, 0.25) is 0 Å². The molecule has 10 nitrogen and oxygen atoms in total. The molecule has 2 atom stereocenters. The summed E-state index contributed by atoms with van der Waals surface area (Å²) in [4.78, 5) is 21.8. The van der Waals surface area contributed by atoms with Crippen LogP contribution in [0.4, 0.5) is 5.69 Å². The molecule has 41 heavy (non-hydrogen) atoms. The van der Waals surface area contributed by atoms with Crippen molar-refractivity contribution in [3.63, 3.8) is 0 Å².